The summed E-state index contributed by atoms with van der Waals surface area (Å²) in [7, 11) is -2.27. The van der Waals surface area contributed by atoms with E-state index in [-0.39, 0.29) is 0 Å². The molecule has 0 aromatic rings. The fourth-order valence-electron chi connectivity index (χ4n) is 1.73. The molecular weight excluding hydrogens is 236 g/mol. The summed E-state index contributed by atoms with van der Waals surface area (Å²) in [4.78, 5) is 10.3. The number of methoxy groups -OCH3 is 1. The monoisotopic (exact) mass is 252 g/mol. The molecule has 94 valence electrons. The van der Waals surface area contributed by atoms with Crippen LogP contribution in [-0.2, 0) is 14.9 Å². The highest BCUT2D eigenvalue weighted by molar-refractivity contribution is 7.87. The van der Waals surface area contributed by atoms with Gasteiger partial charge in [-0.25, -0.2) is 9.52 Å². The predicted molar refractivity (Wildman–Crippen MR) is 56.3 cm³/mol. The first-order valence-electron chi connectivity index (χ1n) is 4.95. The Morgan fingerprint density at radius 3 is 2.50 bits per heavy atom. The minimum Gasteiger partial charge on any atom is -0.464 e. The van der Waals surface area contributed by atoms with E-state index in [0.717, 1.165) is 4.31 Å². The molecule has 1 aliphatic rings. The number of carbonyl (C=O) groups is 1. The molecule has 0 atom stereocenters. The van der Waals surface area contributed by atoms with Gasteiger partial charge in [0.25, 0.3) is 0 Å². The summed E-state index contributed by atoms with van der Waals surface area (Å²) in [5.74, 6) is 0.348. The number of rotatable bonds is 4. The molecule has 0 radical (unpaired) electrons. The maximum absolute atomic E-state index is 11.5. The van der Waals surface area contributed by atoms with Gasteiger partial charge < -0.3 is 9.84 Å². The van der Waals surface area contributed by atoms with E-state index in [1.807, 2.05) is 0 Å². The Labute approximate surface area is 94.6 Å². The fraction of sp³-hybridized carbons (Fsp3) is 0.875. The summed E-state index contributed by atoms with van der Waals surface area (Å²) in [5.41, 5.74) is 0. The van der Waals surface area contributed by atoms with E-state index in [1.54, 1.807) is 7.11 Å². The van der Waals surface area contributed by atoms with Gasteiger partial charge in [-0.05, 0) is 18.8 Å². The summed E-state index contributed by atoms with van der Waals surface area (Å²) in [5, 5.41) is 8.38. The number of carboxylic acid groups (broad SMARTS) is 1. The number of hydrogen-bond acceptors (Lipinski definition) is 4. The molecule has 2 N–H and O–H groups in total. The number of hydrogen-bond donors (Lipinski definition) is 2. The Balaban J connectivity index is 2.50. The molecule has 1 saturated heterocycles. The third kappa shape index (κ3) is 3.62. The lowest BCUT2D eigenvalue weighted by Gasteiger charge is -2.30. The van der Waals surface area contributed by atoms with Crippen molar-refractivity contribution in [2.24, 2.45) is 5.92 Å². The van der Waals surface area contributed by atoms with Crippen molar-refractivity contribution in [1.29, 1.82) is 0 Å². The number of ether oxygens (including phenoxy) is 1. The molecule has 0 unspecified atom stereocenters. The minimum absolute atomic E-state index is 0.330. The van der Waals surface area contributed by atoms with E-state index in [0.29, 0.717) is 38.5 Å². The third-order valence-electron chi connectivity index (χ3n) is 2.53. The first-order valence-corrected chi connectivity index (χ1v) is 6.39. The van der Waals surface area contributed by atoms with Crippen molar-refractivity contribution in [3.63, 3.8) is 0 Å². The molecule has 1 heterocycles. The second kappa shape index (κ2) is 5.46. The lowest BCUT2D eigenvalue weighted by Crippen LogP contribution is -2.46. The van der Waals surface area contributed by atoms with E-state index in [1.165, 1.54) is 4.72 Å². The molecule has 0 bridgehead atoms. The Morgan fingerprint density at radius 1 is 1.50 bits per heavy atom. The van der Waals surface area contributed by atoms with Crippen molar-refractivity contribution < 1.29 is 23.1 Å². The Bertz CT molecular complexity index is 334. The molecule has 0 aromatic heterocycles. The Kier molecular flexibility index (Phi) is 4.51. The van der Waals surface area contributed by atoms with E-state index >= 15 is 0 Å². The van der Waals surface area contributed by atoms with E-state index in [9.17, 15) is 13.2 Å². The van der Waals surface area contributed by atoms with Gasteiger partial charge in [0.05, 0.1) is 0 Å². The number of amides is 1. The van der Waals surface area contributed by atoms with Gasteiger partial charge in [0, 0.05) is 26.8 Å². The topological polar surface area (TPSA) is 95.9 Å². The van der Waals surface area contributed by atoms with Gasteiger partial charge in [0.2, 0.25) is 0 Å². The van der Waals surface area contributed by atoms with Gasteiger partial charge in [-0.2, -0.15) is 12.7 Å². The van der Waals surface area contributed by atoms with Crippen LogP contribution in [0.5, 0.6) is 0 Å². The van der Waals surface area contributed by atoms with E-state index < -0.39 is 16.3 Å². The smallest absolute Gasteiger partial charge is 0.419 e. The minimum atomic E-state index is -3.88. The van der Waals surface area contributed by atoms with Crippen LogP contribution >= 0.6 is 0 Å². The van der Waals surface area contributed by atoms with Crippen LogP contribution in [0, 0.1) is 5.92 Å². The average Bonchev–Trinajstić information content (AvgIpc) is 2.17. The average molecular weight is 252 g/mol. The molecule has 16 heavy (non-hydrogen) atoms. The zero-order valence-electron chi connectivity index (χ0n) is 9.05. The molecule has 0 saturated carbocycles. The largest absolute Gasteiger partial charge is 0.464 e. The maximum Gasteiger partial charge on any atom is 0.419 e. The molecule has 1 rings (SSSR count). The highest BCUT2D eigenvalue weighted by Crippen LogP contribution is 2.18. The summed E-state index contributed by atoms with van der Waals surface area (Å²) >= 11 is 0. The number of piperidine rings is 1. The van der Waals surface area contributed by atoms with Crippen LogP contribution in [0.3, 0.4) is 0 Å². The van der Waals surface area contributed by atoms with Gasteiger partial charge in [-0.1, -0.05) is 0 Å². The van der Waals surface area contributed by atoms with Gasteiger partial charge in [-0.15, -0.1) is 0 Å². The third-order valence-corrected chi connectivity index (χ3v) is 4.01. The molecule has 7 nitrogen and oxygen atoms in total. The summed E-state index contributed by atoms with van der Waals surface area (Å²) in [6.45, 7) is 1.27. The van der Waals surface area contributed by atoms with Crippen molar-refractivity contribution >= 4 is 16.3 Å². The SMILES string of the molecule is COCC1CCN(S(=O)(=O)NC(=O)O)CC1. The van der Waals surface area contributed by atoms with E-state index in [2.05, 4.69) is 0 Å². The van der Waals surface area contributed by atoms with Gasteiger partial charge in [0.15, 0.2) is 0 Å². The zero-order valence-corrected chi connectivity index (χ0v) is 9.87. The van der Waals surface area contributed by atoms with Crippen molar-refractivity contribution in [2.45, 2.75) is 12.8 Å². The van der Waals surface area contributed by atoms with Crippen molar-refractivity contribution in [2.75, 3.05) is 26.8 Å². The normalized spacial score (nSPS) is 19.6. The van der Waals surface area contributed by atoms with E-state index in [4.69, 9.17) is 9.84 Å². The molecule has 0 aliphatic carbocycles. The van der Waals surface area contributed by atoms with Crippen LogP contribution in [-0.4, -0.2) is 50.7 Å². The van der Waals surface area contributed by atoms with Crippen LogP contribution in [0.4, 0.5) is 4.79 Å². The second-order valence-corrected chi connectivity index (χ2v) is 5.38. The van der Waals surface area contributed by atoms with Crippen LogP contribution < -0.4 is 4.72 Å². The van der Waals surface area contributed by atoms with Crippen molar-refractivity contribution in [3.8, 4) is 0 Å². The van der Waals surface area contributed by atoms with Crippen LogP contribution in [0.2, 0.25) is 0 Å². The standard InChI is InChI=1S/C8H16N2O5S/c1-15-6-7-2-4-10(5-3-7)16(13,14)9-8(11)12/h7,9H,2-6H2,1H3,(H,11,12). The molecule has 0 spiro atoms. The first-order chi connectivity index (χ1) is 7.45. The quantitative estimate of drug-likeness (QED) is 0.725. The highest BCUT2D eigenvalue weighted by Gasteiger charge is 2.28. The molecule has 1 amide bonds. The fourth-order valence-corrected chi connectivity index (χ4v) is 2.77. The van der Waals surface area contributed by atoms with Crippen LogP contribution in [0.15, 0.2) is 0 Å². The number of nitrogens with one attached hydrogen (secondary N) is 1. The van der Waals surface area contributed by atoms with Crippen LogP contribution in [0.25, 0.3) is 0 Å². The lowest BCUT2D eigenvalue weighted by atomic mass is 9.99. The summed E-state index contributed by atoms with van der Waals surface area (Å²) in [6.07, 6.45) is -0.179. The van der Waals surface area contributed by atoms with Crippen molar-refractivity contribution in [3.05, 3.63) is 0 Å². The number of nitrogens with zero attached hydrogens (tertiary/aromatic N) is 1. The molecule has 1 aliphatic heterocycles. The maximum atomic E-state index is 11.5. The Hall–Kier alpha value is -0.860. The molecular formula is C8H16N2O5S. The summed E-state index contributed by atoms with van der Waals surface area (Å²) in [6, 6.07) is 0. The predicted octanol–water partition coefficient (Wildman–Crippen LogP) is -0.143. The first kappa shape index (κ1) is 13.2. The molecule has 8 heteroatoms. The highest BCUT2D eigenvalue weighted by atomic mass is 32.2. The van der Waals surface area contributed by atoms with Gasteiger partial charge in [0.1, 0.15) is 0 Å². The zero-order chi connectivity index (χ0) is 12.2. The summed E-state index contributed by atoms with van der Waals surface area (Å²) < 4.78 is 30.6. The molecule has 1 fully saturated rings. The van der Waals surface area contributed by atoms with Gasteiger partial charge >= 0.3 is 16.3 Å². The lowest BCUT2D eigenvalue weighted by molar-refractivity contribution is 0.121. The van der Waals surface area contributed by atoms with Gasteiger partial charge in [-0.3, -0.25) is 0 Å². The van der Waals surface area contributed by atoms with Crippen LogP contribution in [0.1, 0.15) is 12.8 Å². The second-order valence-electron chi connectivity index (χ2n) is 3.71. The Morgan fingerprint density at radius 2 is 2.06 bits per heavy atom. The molecule has 0 aromatic carbocycles. The van der Waals surface area contributed by atoms with Crippen molar-refractivity contribution in [1.82, 2.24) is 9.03 Å².